The molecular formula is C22H23N3O2S2. The number of carbonyl (C=O) groups excluding carboxylic acids is 2. The number of anilines is 2. The number of thiazole rings is 1. The summed E-state index contributed by atoms with van der Waals surface area (Å²) in [6, 6.07) is 15.0. The van der Waals surface area contributed by atoms with Crippen molar-refractivity contribution in [2.45, 2.75) is 37.3 Å². The van der Waals surface area contributed by atoms with Gasteiger partial charge in [0.15, 0.2) is 5.13 Å². The van der Waals surface area contributed by atoms with Crippen LogP contribution in [-0.4, -0.2) is 22.0 Å². The Morgan fingerprint density at radius 3 is 2.59 bits per heavy atom. The van der Waals surface area contributed by atoms with Gasteiger partial charge in [-0.05, 0) is 50.1 Å². The summed E-state index contributed by atoms with van der Waals surface area (Å²) in [6.45, 7) is 5.79. The zero-order valence-electron chi connectivity index (χ0n) is 16.6. The average Bonchev–Trinajstić information content (AvgIpc) is 3.11. The lowest BCUT2D eigenvalue weighted by molar-refractivity contribution is -0.115. The highest BCUT2D eigenvalue weighted by Gasteiger charge is 2.19. The van der Waals surface area contributed by atoms with Crippen molar-refractivity contribution in [2.75, 3.05) is 10.6 Å². The van der Waals surface area contributed by atoms with Gasteiger partial charge in [-0.15, -0.1) is 23.1 Å². The van der Waals surface area contributed by atoms with E-state index in [0.29, 0.717) is 22.8 Å². The molecule has 1 aromatic heterocycles. The first-order chi connectivity index (χ1) is 14.0. The first-order valence-corrected chi connectivity index (χ1v) is 11.1. The molecule has 0 bridgehead atoms. The van der Waals surface area contributed by atoms with E-state index in [1.54, 1.807) is 6.07 Å². The molecule has 0 radical (unpaired) electrons. The highest BCUT2D eigenvalue weighted by atomic mass is 32.2. The normalized spacial score (nSPS) is 11.7. The first-order valence-electron chi connectivity index (χ1n) is 9.33. The van der Waals surface area contributed by atoms with E-state index in [2.05, 4.69) is 15.6 Å². The lowest BCUT2D eigenvalue weighted by Crippen LogP contribution is -2.24. The Morgan fingerprint density at radius 1 is 1.10 bits per heavy atom. The van der Waals surface area contributed by atoms with E-state index in [0.717, 1.165) is 16.2 Å². The predicted molar refractivity (Wildman–Crippen MR) is 121 cm³/mol. The molecule has 2 aromatic carbocycles. The highest BCUT2D eigenvalue weighted by Crippen LogP contribution is 2.29. The number of nitrogens with one attached hydrogen (secondary N) is 2. The Balaban J connectivity index is 1.67. The molecule has 3 rings (SSSR count). The minimum Gasteiger partial charge on any atom is -0.322 e. The maximum absolute atomic E-state index is 12.6. The summed E-state index contributed by atoms with van der Waals surface area (Å²) < 4.78 is 0. The Hall–Kier alpha value is -2.64. The van der Waals surface area contributed by atoms with Crippen LogP contribution in [0, 0.1) is 13.8 Å². The summed E-state index contributed by atoms with van der Waals surface area (Å²) in [5.41, 5.74) is 3.17. The van der Waals surface area contributed by atoms with Crippen molar-refractivity contribution in [1.29, 1.82) is 0 Å². The van der Waals surface area contributed by atoms with Crippen LogP contribution >= 0.6 is 23.1 Å². The molecule has 3 aromatic rings. The quantitative estimate of drug-likeness (QED) is 0.489. The van der Waals surface area contributed by atoms with Gasteiger partial charge < -0.3 is 10.6 Å². The van der Waals surface area contributed by atoms with Crippen molar-refractivity contribution in [1.82, 2.24) is 4.98 Å². The van der Waals surface area contributed by atoms with E-state index < -0.39 is 0 Å². The van der Waals surface area contributed by atoms with Crippen LogP contribution < -0.4 is 10.6 Å². The van der Waals surface area contributed by atoms with Crippen LogP contribution in [-0.2, 0) is 4.79 Å². The van der Waals surface area contributed by atoms with Crippen LogP contribution in [0.15, 0.2) is 58.8 Å². The van der Waals surface area contributed by atoms with E-state index >= 15 is 0 Å². The number of benzene rings is 2. The molecule has 1 unspecified atom stereocenters. The standard InChI is InChI=1S/C22H23N3O2S2/c1-4-19(21(27)25-22-23-15(3)13-28-22)29-17-10-7-9-16(12-17)24-20(26)18-11-6-5-8-14(18)2/h5-13,19H,4H2,1-3H3,(H,24,26)(H,23,25,27). The minimum absolute atomic E-state index is 0.0683. The third-order valence-corrected chi connectivity index (χ3v) is 6.51. The van der Waals surface area contributed by atoms with Crippen molar-refractivity contribution in [2.24, 2.45) is 0 Å². The molecule has 5 nitrogen and oxygen atoms in total. The van der Waals surface area contributed by atoms with Crippen LogP contribution in [0.5, 0.6) is 0 Å². The van der Waals surface area contributed by atoms with Crippen molar-refractivity contribution >= 4 is 45.7 Å². The average molecular weight is 426 g/mol. The second-order valence-electron chi connectivity index (χ2n) is 6.59. The molecule has 2 N–H and O–H groups in total. The summed E-state index contributed by atoms with van der Waals surface area (Å²) in [7, 11) is 0. The van der Waals surface area contributed by atoms with Gasteiger partial charge in [0.05, 0.1) is 10.9 Å². The van der Waals surface area contributed by atoms with Gasteiger partial charge in [-0.25, -0.2) is 4.98 Å². The fraction of sp³-hybridized carbons (Fsp3) is 0.227. The lowest BCUT2D eigenvalue weighted by Gasteiger charge is -2.14. The SMILES string of the molecule is CCC(Sc1cccc(NC(=O)c2ccccc2C)c1)C(=O)Nc1nc(C)cs1. The van der Waals surface area contributed by atoms with E-state index in [9.17, 15) is 9.59 Å². The van der Waals surface area contributed by atoms with Gasteiger partial charge in [-0.2, -0.15) is 0 Å². The molecular weight excluding hydrogens is 402 g/mol. The van der Waals surface area contributed by atoms with Crippen LogP contribution in [0.1, 0.15) is 35.0 Å². The van der Waals surface area contributed by atoms with E-state index in [1.807, 2.05) is 68.6 Å². The minimum atomic E-state index is -0.249. The lowest BCUT2D eigenvalue weighted by atomic mass is 10.1. The summed E-state index contributed by atoms with van der Waals surface area (Å²) in [6.07, 6.45) is 0.681. The van der Waals surface area contributed by atoms with Gasteiger partial charge in [0.25, 0.3) is 5.91 Å². The monoisotopic (exact) mass is 425 g/mol. The van der Waals surface area contributed by atoms with Crippen LogP contribution in [0.3, 0.4) is 0 Å². The van der Waals surface area contributed by atoms with Crippen LogP contribution in [0.4, 0.5) is 10.8 Å². The predicted octanol–water partition coefficient (Wildman–Crippen LogP) is 5.52. The number of rotatable bonds is 7. The molecule has 0 saturated heterocycles. The molecule has 0 saturated carbocycles. The van der Waals surface area contributed by atoms with Gasteiger partial charge in [-0.1, -0.05) is 31.2 Å². The maximum Gasteiger partial charge on any atom is 0.255 e. The van der Waals surface area contributed by atoms with E-state index in [-0.39, 0.29) is 17.1 Å². The van der Waals surface area contributed by atoms with Crippen molar-refractivity contribution in [3.8, 4) is 0 Å². The first kappa shape index (κ1) is 21.1. The van der Waals surface area contributed by atoms with Gasteiger partial charge in [0, 0.05) is 21.5 Å². The second kappa shape index (κ2) is 9.71. The summed E-state index contributed by atoms with van der Waals surface area (Å²) >= 11 is 2.90. The number of nitrogens with zero attached hydrogens (tertiary/aromatic N) is 1. The zero-order valence-corrected chi connectivity index (χ0v) is 18.2. The molecule has 0 aliphatic heterocycles. The third-order valence-electron chi connectivity index (χ3n) is 4.27. The third kappa shape index (κ3) is 5.68. The smallest absolute Gasteiger partial charge is 0.255 e. The molecule has 0 aliphatic rings. The van der Waals surface area contributed by atoms with Gasteiger partial charge in [0.1, 0.15) is 0 Å². The highest BCUT2D eigenvalue weighted by molar-refractivity contribution is 8.00. The summed E-state index contributed by atoms with van der Waals surface area (Å²) in [5, 5.41) is 8.10. The van der Waals surface area contributed by atoms with Gasteiger partial charge in [-0.3, -0.25) is 9.59 Å². The number of aromatic nitrogens is 1. The van der Waals surface area contributed by atoms with Gasteiger partial charge >= 0.3 is 0 Å². The molecule has 1 heterocycles. The number of aryl methyl sites for hydroxylation is 2. The zero-order chi connectivity index (χ0) is 20.8. The molecule has 0 fully saturated rings. The molecule has 29 heavy (non-hydrogen) atoms. The largest absolute Gasteiger partial charge is 0.322 e. The fourth-order valence-corrected chi connectivity index (χ4v) is 4.46. The molecule has 1 atom stereocenters. The van der Waals surface area contributed by atoms with Crippen LogP contribution in [0.2, 0.25) is 0 Å². The molecule has 7 heteroatoms. The van der Waals surface area contributed by atoms with Crippen molar-refractivity contribution in [3.63, 3.8) is 0 Å². The van der Waals surface area contributed by atoms with Gasteiger partial charge in [0.2, 0.25) is 5.91 Å². The van der Waals surface area contributed by atoms with E-state index in [1.165, 1.54) is 23.1 Å². The molecule has 2 amide bonds. The number of thioether (sulfide) groups is 1. The maximum atomic E-state index is 12.6. The van der Waals surface area contributed by atoms with Crippen LogP contribution in [0.25, 0.3) is 0 Å². The number of carbonyl (C=O) groups is 2. The Labute approximate surface area is 179 Å². The Morgan fingerprint density at radius 2 is 1.90 bits per heavy atom. The number of hydrogen-bond acceptors (Lipinski definition) is 5. The number of hydrogen-bond donors (Lipinski definition) is 2. The second-order valence-corrected chi connectivity index (χ2v) is 8.73. The summed E-state index contributed by atoms with van der Waals surface area (Å²) in [4.78, 5) is 30.4. The Kier molecular flexibility index (Phi) is 7.06. The molecule has 0 aliphatic carbocycles. The fourth-order valence-electron chi connectivity index (χ4n) is 2.76. The summed E-state index contributed by atoms with van der Waals surface area (Å²) in [5.74, 6) is -0.213. The topological polar surface area (TPSA) is 71.1 Å². The van der Waals surface area contributed by atoms with E-state index in [4.69, 9.17) is 0 Å². The molecule has 0 spiro atoms. The molecule has 150 valence electrons. The number of amides is 2. The Bertz CT molecular complexity index is 1020. The van der Waals surface area contributed by atoms with Crippen molar-refractivity contribution in [3.05, 3.63) is 70.7 Å². The van der Waals surface area contributed by atoms with Crippen molar-refractivity contribution < 1.29 is 9.59 Å².